The normalized spacial score (nSPS) is 14.1. The van der Waals surface area contributed by atoms with E-state index in [-0.39, 0.29) is 11.2 Å². The number of hydrogen-bond donors (Lipinski definition) is 1. The summed E-state index contributed by atoms with van der Waals surface area (Å²) in [5.41, 5.74) is 0.977. The SMILES string of the molecule is C[C@H](Sc1ccc2c(c1)OCCCO2)C(=O)Nc1ccccc1C#N. The third kappa shape index (κ3) is 4.25. The number of nitriles is 1. The molecule has 1 atom stereocenters. The van der Waals surface area contributed by atoms with E-state index in [2.05, 4.69) is 11.4 Å². The number of nitrogens with one attached hydrogen (secondary N) is 1. The number of anilines is 1. The summed E-state index contributed by atoms with van der Waals surface area (Å²) in [4.78, 5) is 13.4. The molecule has 5 nitrogen and oxygen atoms in total. The summed E-state index contributed by atoms with van der Waals surface area (Å²) in [6.45, 7) is 3.11. The van der Waals surface area contributed by atoms with Gasteiger partial charge in [0.2, 0.25) is 5.91 Å². The van der Waals surface area contributed by atoms with E-state index in [9.17, 15) is 4.79 Å². The van der Waals surface area contributed by atoms with Crippen molar-refractivity contribution in [1.82, 2.24) is 0 Å². The number of ether oxygens (including phenoxy) is 2. The van der Waals surface area contributed by atoms with Gasteiger partial charge in [-0.1, -0.05) is 12.1 Å². The van der Waals surface area contributed by atoms with Crippen LogP contribution >= 0.6 is 11.8 Å². The zero-order valence-corrected chi connectivity index (χ0v) is 14.6. The van der Waals surface area contributed by atoms with Crippen LogP contribution in [0.25, 0.3) is 0 Å². The summed E-state index contributed by atoms with van der Waals surface area (Å²) in [6, 6.07) is 14.7. The predicted octanol–water partition coefficient (Wildman–Crippen LogP) is 3.84. The predicted molar refractivity (Wildman–Crippen MR) is 97.2 cm³/mol. The summed E-state index contributed by atoms with van der Waals surface area (Å²) in [7, 11) is 0. The van der Waals surface area contributed by atoms with Crippen molar-refractivity contribution in [1.29, 1.82) is 5.26 Å². The van der Waals surface area contributed by atoms with Crippen LogP contribution < -0.4 is 14.8 Å². The summed E-state index contributed by atoms with van der Waals surface area (Å²) >= 11 is 1.43. The zero-order valence-electron chi connectivity index (χ0n) is 13.8. The molecule has 6 heteroatoms. The van der Waals surface area contributed by atoms with E-state index < -0.39 is 0 Å². The second kappa shape index (κ2) is 7.95. The lowest BCUT2D eigenvalue weighted by Crippen LogP contribution is -2.22. The van der Waals surface area contributed by atoms with E-state index in [1.165, 1.54) is 11.8 Å². The number of carbonyl (C=O) groups excluding carboxylic acids is 1. The van der Waals surface area contributed by atoms with Gasteiger partial charge in [-0.05, 0) is 37.3 Å². The van der Waals surface area contributed by atoms with Crippen LogP contribution in [-0.2, 0) is 4.79 Å². The first-order valence-corrected chi connectivity index (χ1v) is 8.91. The van der Waals surface area contributed by atoms with E-state index in [0.717, 1.165) is 17.1 Å². The molecular formula is C19H18N2O3S. The highest BCUT2D eigenvalue weighted by Gasteiger charge is 2.18. The smallest absolute Gasteiger partial charge is 0.237 e. The third-order valence-electron chi connectivity index (χ3n) is 3.71. The highest BCUT2D eigenvalue weighted by molar-refractivity contribution is 8.00. The molecule has 0 aliphatic carbocycles. The Kier molecular flexibility index (Phi) is 5.46. The molecule has 2 aromatic rings. The van der Waals surface area contributed by atoms with Gasteiger partial charge in [-0.2, -0.15) is 5.26 Å². The molecule has 1 aliphatic heterocycles. The van der Waals surface area contributed by atoms with E-state index in [4.69, 9.17) is 14.7 Å². The molecule has 0 unspecified atom stereocenters. The fourth-order valence-corrected chi connectivity index (χ4v) is 3.29. The molecule has 0 aromatic heterocycles. The van der Waals surface area contributed by atoms with Crippen LogP contribution in [0.3, 0.4) is 0 Å². The number of para-hydroxylation sites is 1. The largest absolute Gasteiger partial charge is 0.490 e. The Hall–Kier alpha value is -2.65. The third-order valence-corrected chi connectivity index (χ3v) is 4.80. The highest BCUT2D eigenvalue weighted by atomic mass is 32.2. The minimum absolute atomic E-state index is 0.153. The maximum absolute atomic E-state index is 12.4. The topological polar surface area (TPSA) is 71.3 Å². The van der Waals surface area contributed by atoms with Crippen molar-refractivity contribution in [3.05, 3.63) is 48.0 Å². The molecule has 0 radical (unpaired) electrons. The Labute approximate surface area is 150 Å². The van der Waals surface area contributed by atoms with Crippen molar-refractivity contribution in [2.24, 2.45) is 0 Å². The van der Waals surface area contributed by atoms with Gasteiger partial charge in [-0.25, -0.2) is 0 Å². The lowest BCUT2D eigenvalue weighted by atomic mass is 10.2. The van der Waals surface area contributed by atoms with Crippen LogP contribution in [0.4, 0.5) is 5.69 Å². The molecule has 25 heavy (non-hydrogen) atoms. The van der Waals surface area contributed by atoms with Crippen molar-refractivity contribution in [3.8, 4) is 17.6 Å². The van der Waals surface area contributed by atoms with Crippen LogP contribution in [0.1, 0.15) is 18.9 Å². The molecule has 2 aromatic carbocycles. The second-order valence-electron chi connectivity index (χ2n) is 5.57. The van der Waals surface area contributed by atoms with Crippen LogP contribution in [0.5, 0.6) is 11.5 Å². The number of benzene rings is 2. The van der Waals surface area contributed by atoms with Gasteiger partial charge in [0.05, 0.1) is 29.7 Å². The molecule has 0 saturated carbocycles. The first kappa shape index (κ1) is 17.2. The van der Waals surface area contributed by atoms with Gasteiger partial charge < -0.3 is 14.8 Å². The monoisotopic (exact) mass is 354 g/mol. The van der Waals surface area contributed by atoms with Gasteiger partial charge in [-0.3, -0.25) is 4.79 Å². The summed E-state index contributed by atoms with van der Waals surface area (Å²) in [5.74, 6) is 1.30. The average Bonchev–Trinajstić information content (AvgIpc) is 2.87. The van der Waals surface area contributed by atoms with E-state index in [1.807, 2.05) is 25.1 Å². The van der Waals surface area contributed by atoms with Gasteiger partial charge in [0.25, 0.3) is 0 Å². The zero-order chi connectivity index (χ0) is 17.6. The maximum Gasteiger partial charge on any atom is 0.237 e. The minimum atomic E-state index is -0.323. The summed E-state index contributed by atoms with van der Waals surface area (Å²) in [5, 5.41) is 11.6. The molecule has 1 amide bonds. The Bertz CT molecular complexity index is 817. The fraction of sp³-hybridized carbons (Fsp3) is 0.263. The number of thioether (sulfide) groups is 1. The van der Waals surface area contributed by atoms with Gasteiger partial charge in [-0.15, -0.1) is 11.8 Å². The number of carbonyl (C=O) groups is 1. The number of nitrogens with zero attached hydrogens (tertiary/aromatic N) is 1. The molecule has 1 heterocycles. The molecule has 128 valence electrons. The Balaban J connectivity index is 1.67. The van der Waals surface area contributed by atoms with E-state index in [0.29, 0.717) is 30.2 Å². The Morgan fingerprint density at radius 2 is 1.96 bits per heavy atom. The fourth-order valence-electron chi connectivity index (χ4n) is 2.40. The highest BCUT2D eigenvalue weighted by Crippen LogP contribution is 2.35. The quantitative estimate of drug-likeness (QED) is 0.845. The molecule has 0 bridgehead atoms. The molecular weight excluding hydrogens is 336 g/mol. The van der Waals surface area contributed by atoms with Crippen LogP contribution in [0.15, 0.2) is 47.4 Å². The van der Waals surface area contributed by atoms with Crippen molar-refractivity contribution in [3.63, 3.8) is 0 Å². The van der Waals surface area contributed by atoms with Gasteiger partial charge in [0.15, 0.2) is 11.5 Å². The van der Waals surface area contributed by atoms with Gasteiger partial charge in [0.1, 0.15) is 6.07 Å². The molecule has 0 fully saturated rings. The Morgan fingerprint density at radius 3 is 2.76 bits per heavy atom. The van der Waals surface area contributed by atoms with Crippen molar-refractivity contribution >= 4 is 23.4 Å². The molecule has 0 saturated heterocycles. The van der Waals surface area contributed by atoms with Gasteiger partial charge in [0, 0.05) is 11.3 Å². The summed E-state index contributed by atoms with van der Waals surface area (Å²) in [6.07, 6.45) is 0.855. The van der Waals surface area contributed by atoms with Crippen LogP contribution in [-0.4, -0.2) is 24.4 Å². The average molecular weight is 354 g/mol. The lowest BCUT2D eigenvalue weighted by molar-refractivity contribution is -0.115. The molecule has 0 spiro atoms. The molecule has 1 aliphatic rings. The van der Waals surface area contributed by atoms with Crippen molar-refractivity contribution in [2.45, 2.75) is 23.5 Å². The maximum atomic E-state index is 12.4. The second-order valence-corrected chi connectivity index (χ2v) is 6.98. The standard InChI is InChI=1S/C19H18N2O3S/c1-13(19(22)21-16-6-3-2-5-14(16)12-20)25-15-7-8-17-18(11-15)24-10-4-9-23-17/h2-3,5-8,11,13H,4,9-10H2,1H3,(H,21,22)/t13-/m0/s1. The molecule has 1 N–H and O–H groups in total. The number of rotatable bonds is 4. The lowest BCUT2D eigenvalue weighted by Gasteiger charge is -2.14. The number of fused-ring (bicyclic) bond motifs is 1. The number of hydrogen-bond acceptors (Lipinski definition) is 5. The van der Waals surface area contributed by atoms with E-state index >= 15 is 0 Å². The Morgan fingerprint density at radius 1 is 1.20 bits per heavy atom. The first-order chi connectivity index (χ1) is 12.2. The van der Waals surface area contributed by atoms with Gasteiger partial charge >= 0.3 is 0 Å². The van der Waals surface area contributed by atoms with Crippen LogP contribution in [0.2, 0.25) is 0 Å². The van der Waals surface area contributed by atoms with Crippen molar-refractivity contribution < 1.29 is 14.3 Å². The van der Waals surface area contributed by atoms with Crippen LogP contribution in [0, 0.1) is 11.3 Å². The molecule has 3 rings (SSSR count). The summed E-state index contributed by atoms with van der Waals surface area (Å²) < 4.78 is 11.3. The van der Waals surface area contributed by atoms with Crippen molar-refractivity contribution in [2.75, 3.05) is 18.5 Å². The van der Waals surface area contributed by atoms with E-state index in [1.54, 1.807) is 24.3 Å². The number of amides is 1. The minimum Gasteiger partial charge on any atom is -0.490 e. The first-order valence-electron chi connectivity index (χ1n) is 8.03.